The van der Waals surface area contributed by atoms with Crippen LogP contribution in [0, 0.1) is 0 Å². The van der Waals surface area contributed by atoms with E-state index in [9.17, 15) is 0 Å². The summed E-state index contributed by atoms with van der Waals surface area (Å²) in [6.07, 6.45) is 1.65. The largest absolute Gasteiger partial charge is 0.497 e. The summed E-state index contributed by atoms with van der Waals surface area (Å²) in [7, 11) is 1.65. The van der Waals surface area contributed by atoms with Gasteiger partial charge in [-0.1, -0.05) is 12.1 Å². The summed E-state index contributed by atoms with van der Waals surface area (Å²) in [4.78, 5) is 19.0. The first kappa shape index (κ1) is 14.0. The predicted octanol–water partition coefficient (Wildman–Crippen LogP) is 1.87. The van der Waals surface area contributed by atoms with Crippen LogP contribution >= 0.6 is 0 Å². The molecule has 0 aliphatic carbocycles. The molecule has 118 valence electrons. The number of rotatable bonds is 3. The highest BCUT2D eigenvalue weighted by Gasteiger charge is 2.19. The summed E-state index contributed by atoms with van der Waals surface area (Å²) < 4.78 is 10.7. The maximum atomic E-state index is 5.43. The molecule has 2 aromatic heterocycles. The van der Waals surface area contributed by atoms with E-state index in [-0.39, 0.29) is 0 Å². The maximum absolute atomic E-state index is 5.43. The summed E-state index contributed by atoms with van der Waals surface area (Å²) in [5.74, 6) is 2.28. The Labute approximate surface area is 133 Å². The molecule has 23 heavy (non-hydrogen) atoms. The Bertz CT molecular complexity index is 826. The predicted molar refractivity (Wildman–Crippen MR) is 86.7 cm³/mol. The molecule has 1 aliphatic rings. The van der Waals surface area contributed by atoms with Crippen molar-refractivity contribution in [2.24, 2.45) is 0 Å². The van der Waals surface area contributed by atoms with E-state index < -0.39 is 0 Å². The molecule has 0 radical (unpaired) electrons. The van der Waals surface area contributed by atoms with Gasteiger partial charge in [0.15, 0.2) is 17.3 Å². The van der Waals surface area contributed by atoms with Crippen LogP contribution in [0.1, 0.15) is 0 Å². The smallest absolute Gasteiger partial charge is 0.164 e. The quantitative estimate of drug-likeness (QED) is 0.796. The van der Waals surface area contributed by atoms with E-state index in [1.807, 2.05) is 24.3 Å². The van der Waals surface area contributed by atoms with E-state index >= 15 is 0 Å². The van der Waals surface area contributed by atoms with Gasteiger partial charge in [0.2, 0.25) is 0 Å². The second-order valence-electron chi connectivity index (χ2n) is 5.30. The van der Waals surface area contributed by atoms with Gasteiger partial charge in [-0.3, -0.25) is 0 Å². The average Bonchev–Trinajstić information content (AvgIpc) is 3.10. The number of nitrogens with zero attached hydrogens (tertiary/aromatic N) is 4. The van der Waals surface area contributed by atoms with Gasteiger partial charge in [-0.25, -0.2) is 15.0 Å². The van der Waals surface area contributed by atoms with E-state index in [1.54, 1.807) is 13.4 Å². The van der Waals surface area contributed by atoms with Crippen molar-refractivity contribution in [3.8, 4) is 17.1 Å². The Morgan fingerprint density at radius 3 is 2.91 bits per heavy atom. The Morgan fingerprint density at radius 1 is 1.22 bits per heavy atom. The van der Waals surface area contributed by atoms with Gasteiger partial charge in [-0.05, 0) is 12.1 Å². The van der Waals surface area contributed by atoms with Crippen LogP contribution in [0.15, 0.2) is 30.6 Å². The number of aromatic nitrogens is 4. The van der Waals surface area contributed by atoms with Crippen LogP contribution in [-0.4, -0.2) is 53.3 Å². The minimum atomic E-state index is 0.655. The molecular formula is C16H17N5O2. The average molecular weight is 311 g/mol. The number of imidazole rings is 1. The minimum Gasteiger partial charge on any atom is -0.497 e. The van der Waals surface area contributed by atoms with Crippen LogP contribution in [0.2, 0.25) is 0 Å². The van der Waals surface area contributed by atoms with E-state index in [4.69, 9.17) is 14.5 Å². The lowest BCUT2D eigenvalue weighted by atomic mass is 10.2. The van der Waals surface area contributed by atoms with Crippen LogP contribution in [-0.2, 0) is 4.74 Å². The molecule has 0 atom stereocenters. The van der Waals surface area contributed by atoms with Crippen LogP contribution in [0.25, 0.3) is 22.6 Å². The Morgan fingerprint density at radius 2 is 2.09 bits per heavy atom. The van der Waals surface area contributed by atoms with E-state index in [1.165, 1.54) is 0 Å². The molecule has 0 amide bonds. The van der Waals surface area contributed by atoms with Crippen molar-refractivity contribution in [3.63, 3.8) is 0 Å². The van der Waals surface area contributed by atoms with Crippen molar-refractivity contribution in [2.45, 2.75) is 0 Å². The second kappa shape index (κ2) is 5.85. The molecule has 0 unspecified atom stereocenters. The third kappa shape index (κ3) is 2.59. The molecular weight excluding hydrogens is 294 g/mol. The van der Waals surface area contributed by atoms with Crippen molar-refractivity contribution < 1.29 is 9.47 Å². The summed E-state index contributed by atoms with van der Waals surface area (Å²) >= 11 is 0. The van der Waals surface area contributed by atoms with Crippen LogP contribution in [0.3, 0.4) is 0 Å². The molecule has 0 bridgehead atoms. The van der Waals surface area contributed by atoms with Gasteiger partial charge in [0, 0.05) is 18.7 Å². The van der Waals surface area contributed by atoms with Crippen LogP contribution in [0.5, 0.6) is 5.75 Å². The number of hydrogen-bond donors (Lipinski definition) is 1. The SMILES string of the molecule is COc1cccc(-c2nc(N3CCOCC3)c3nc[nH]c3n2)c1. The fourth-order valence-corrected chi connectivity index (χ4v) is 2.71. The molecule has 3 aromatic rings. The molecule has 1 aromatic carbocycles. The molecule has 1 saturated heterocycles. The number of anilines is 1. The summed E-state index contributed by atoms with van der Waals surface area (Å²) in [5.41, 5.74) is 2.44. The van der Waals surface area contributed by atoms with Crippen molar-refractivity contribution in [2.75, 3.05) is 38.3 Å². The highest BCUT2D eigenvalue weighted by atomic mass is 16.5. The first-order valence-electron chi connectivity index (χ1n) is 7.53. The summed E-state index contributed by atoms with van der Waals surface area (Å²) in [5, 5.41) is 0. The monoisotopic (exact) mass is 311 g/mol. The normalized spacial score (nSPS) is 15.1. The Hall–Kier alpha value is -2.67. The summed E-state index contributed by atoms with van der Waals surface area (Å²) in [6.45, 7) is 3.00. The van der Waals surface area contributed by atoms with Crippen molar-refractivity contribution in [3.05, 3.63) is 30.6 Å². The molecule has 0 spiro atoms. The first-order valence-corrected chi connectivity index (χ1v) is 7.53. The molecule has 1 aliphatic heterocycles. The number of benzene rings is 1. The highest BCUT2D eigenvalue weighted by Crippen LogP contribution is 2.27. The third-order valence-corrected chi connectivity index (χ3v) is 3.90. The lowest BCUT2D eigenvalue weighted by molar-refractivity contribution is 0.122. The lowest BCUT2D eigenvalue weighted by Gasteiger charge is -2.28. The lowest BCUT2D eigenvalue weighted by Crippen LogP contribution is -2.37. The van der Waals surface area contributed by atoms with Gasteiger partial charge >= 0.3 is 0 Å². The molecule has 7 heteroatoms. The first-order chi connectivity index (χ1) is 11.3. The number of hydrogen-bond acceptors (Lipinski definition) is 6. The van der Waals surface area contributed by atoms with Gasteiger partial charge in [-0.15, -0.1) is 0 Å². The van der Waals surface area contributed by atoms with Crippen LogP contribution in [0.4, 0.5) is 5.82 Å². The zero-order valence-electron chi connectivity index (χ0n) is 12.8. The van der Waals surface area contributed by atoms with Crippen molar-refractivity contribution in [1.82, 2.24) is 19.9 Å². The zero-order valence-corrected chi connectivity index (χ0v) is 12.8. The number of methoxy groups -OCH3 is 1. The number of fused-ring (bicyclic) bond motifs is 1. The Kier molecular flexibility index (Phi) is 3.55. The molecule has 0 saturated carbocycles. The number of morpholine rings is 1. The standard InChI is InChI=1S/C16H17N5O2/c1-22-12-4-2-3-11(9-12)14-19-15-13(17-10-18-15)16(20-14)21-5-7-23-8-6-21/h2-4,9-10H,5-8H2,1H3,(H,17,18,19,20). The van der Waals surface area contributed by atoms with Crippen LogP contribution < -0.4 is 9.64 Å². The molecule has 3 heterocycles. The molecule has 4 rings (SSSR count). The second-order valence-corrected chi connectivity index (χ2v) is 5.30. The highest BCUT2D eigenvalue weighted by molar-refractivity contribution is 5.85. The maximum Gasteiger partial charge on any atom is 0.164 e. The minimum absolute atomic E-state index is 0.655. The van der Waals surface area contributed by atoms with E-state index in [0.29, 0.717) is 19.0 Å². The number of ether oxygens (including phenoxy) is 2. The van der Waals surface area contributed by atoms with Crippen molar-refractivity contribution in [1.29, 1.82) is 0 Å². The topological polar surface area (TPSA) is 76.2 Å². The summed E-state index contributed by atoms with van der Waals surface area (Å²) in [6, 6.07) is 7.74. The fourth-order valence-electron chi connectivity index (χ4n) is 2.71. The van der Waals surface area contributed by atoms with Gasteiger partial charge in [0.05, 0.1) is 26.7 Å². The van der Waals surface area contributed by atoms with Gasteiger partial charge in [0.25, 0.3) is 0 Å². The van der Waals surface area contributed by atoms with Gasteiger partial charge in [0.1, 0.15) is 11.3 Å². The van der Waals surface area contributed by atoms with Gasteiger partial charge < -0.3 is 19.4 Å². The van der Waals surface area contributed by atoms with E-state index in [2.05, 4.69) is 19.9 Å². The number of aromatic amines is 1. The van der Waals surface area contributed by atoms with Crippen molar-refractivity contribution >= 4 is 17.0 Å². The molecule has 7 nitrogen and oxygen atoms in total. The molecule has 1 N–H and O–H groups in total. The third-order valence-electron chi connectivity index (χ3n) is 3.90. The van der Waals surface area contributed by atoms with Gasteiger partial charge in [-0.2, -0.15) is 0 Å². The number of nitrogens with one attached hydrogen (secondary N) is 1. The molecule has 1 fully saturated rings. The fraction of sp³-hybridized carbons (Fsp3) is 0.312. The Balaban J connectivity index is 1.83. The zero-order chi connectivity index (χ0) is 15.6. The van der Waals surface area contributed by atoms with E-state index in [0.717, 1.165) is 41.4 Å². The number of H-pyrrole nitrogens is 1.